The third kappa shape index (κ3) is 8.74. The van der Waals surface area contributed by atoms with Gasteiger partial charge in [0.15, 0.2) is 0 Å². The zero-order chi connectivity index (χ0) is 16.0. The highest BCUT2D eigenvalue weighted by Gasteiger charge is 2.23. The van der Waals surface area contributed by atoms with Gasteiger partial charge in [0.2, 0.25) is 5.91 Å². The summed E-state index contributed by atoms with van der Waals surface area (Å²) in [5, 5.41) is 6.49. The molecule has 0 unspecified atom stereocenters. The predicted molar refractivity (Wildman–Crippen MR) is 94.1 cm³/mol. The van der Waals surface area contributed by atoms with Crippen LogP contribution in [0.4, 0.5) is 0 Å². The molecule has 1 aliphatic heterocycles. The maximum atomic E-state index is 12.1. The van der Waals surface area contributed by atoms with E-state index in [1.807, 2.05) is 0 Å². The lowest BCUT2D eigenvalue weighted by molar-refractivity contribution is -0.126. The second-order valence-corrected chi connectivity index (χ2v) is 6.53. The van der Waals surface area contributed by atoms with Gasteiger partial charge in [-0.15, -0.1) is 0 Å². The van der Waals surface area contributed by atoms with Crippen LogP contribution in [0.25, 0.3) is 0 Å². The quantitative estimate of drug-likeness (QED) is 0.545. The van der Waals surface area contributed by atoms with Gasteiger partial charge in [0.1, 0.15) is 0 Å². The first-order valence-electron chi connectivity index (χ1n) is 9.48. The third-order valence-corrected chi connectivity index (χ3v) is 4.58. The van der Waals surface area contributed by atoms with Crippen LogP contribution in [-0.2, 0) is 4.79 Å². The molecule has 0 spiro atoms. The number of carbonyl (C=O) groups is 1. The van der Waals surface area contributed by atoms with Crippen LogP contribution < -0.4 is 10.6 Å². The van der Waals surface area contributed by atoms with Crippen molar-refractivity contribution in [2.75, 3.05) is 39.3 Å². The average Bonchev–Trinajstić information content (AvgIpc) is 2.54. The summed E-state index contributed by atoms with van der Waals surface area (Å²) in [5.41, 5.74) is 0. The number of nitrogens with zero attached hydrogens (tertiary/aromatic N) is 1. The van der Waals surface area contributed by atoms with Crippen LogP contribution >= 0.6 is 0 Å². The van der Waals surface area contributed by atoms with Crippen molar-refractivity contribution in [3.8, 4) is 0 Å². The number of amides is 1. The van der Waals surface area contributed by atoms with E-state index in [-0.39, 0.29) is 5.92 Å². The summed E-state index contributed by atoms with van der Waals surface area (Å²) in [6.45, 7) is 10.8. The monoisotopic (exact) mass is 311 g/mol. The topological polar surface area (TPSA) is 44.4 Å². The molecular formula is C18H37N3O. The van der Waals surface area contributed by atoms with E-state index in [9.17, 15) is 4.79 Å². The largest absolute Gasteiger partial charge is 0.356 e. The Morgan fingerprint density at radius 3 is 2.27 bits per heavy atom. The summed E-state index contributed by atoms with van der Waals surface area (Å²) < 4.78 is 0. The highest BCUT2D eigenvalue weighted by molar-refractivity contribution is 5.78. The lowest BCUT2D eigenvalue weighted by atomic mass is 9.96. The zero-order valence-electron chi connectivity index (χ0n) is 14.8. The summed E-state index contributed by atoms with van der Waals surface area (Å²) in [4.78, 5) is 14.6. The molecule has 0 radical (unpaired) electrons. The van der Waals surface area contributed by atoms with Crippen molar-refractivity contribution in [2.24, 2.45) is 5.92 Å². The Labute approximate surface area is 137 Å². The van der Waals surface area contributed by atoms with Gasteiger partial charge < -0.3 is 15.5 Å². The second kappa shape index (κ2) is 12.9. The molecule has 0 aromatic rings. The Morgan fingerprint density at radius 2 is 1.64 bits per heavy atom. The molecule has 2 N–H and O–H groups in total. The Morgan fingerprint density at radius 1 is 1.00 bits per heavy atom. The molecule has 130 valence electrons. The molecule has 0 saturated carbocycles. The fourth-order valence-electron chi connectivity index (χ4n) is 3.17. The van der Waals surface area contributed by atoms with Crippen molar-refractivity contribution < 1.29 is 4.79 Å². The van der Waals surface area contributed by atoms with Gasteiger partial charge in [-0.1, -0.05) is 33.1 Å². The van der Waals surface area contributed by atoms with Gasteiger partial charge >= 0.3 is 0 Å². The minimum Gasteiger partial charge on any atom is -0.356 e. The van der Waals surface area contributed by atoms with Crippen LogP contribution in [0.5, 0.6) is 0 Å². The number of carbonyl (C=O) groups excluding carboxylic acids is 1. The first-order chi connectivity index (χ1) is 10.8. The van der Waals surface area contributed by atoms with Crippen LogP contribution in [0.15, 0.2) is 0 Å². The van der Waals surface area contributed by atoms with Gasteiger partial charge in [0.05, 0.1) is 0 Å². The van der Waals surface area contributed by atoms with Gasteiger partial charge in [-0.05, 0) is 64.8 Å². The molecule has 0 aromatic heterocycles. The van der Waals surface area contributed by atoms with E-state index in [4.69, 9.17) is 0 Å². The maximum Gasteiger partial charge on any atom is 0.223 e. The Hall–Kier alpha value is -0.610. The van der Waals surface area contributed by atoms with E-state index in [0.29, 0.717) is 5.91 Å². The van der Waals surface area contributed by atoms with Gasteiger partial charge in [0, 0.05) is 12.5 Å². The van der Waals surface area contributed by atoms with Crippen molar-refractivity contribution in [1.82, 2.24) is 15.5 Å². The minimum atomic E-state index is 0.258. The Kier molecular flexibility index (Phi) is 11.4. The lowest BCUT2D eigenvalue weighted by Gasteiger charge is -2.30. The van der Waals surface area contributed by atoms with Crippen LogP contribution in [0.2, 0.25) is 0 Å². The summed E-state index contributed by atoms with van der Waals surface area (Å²) >= 11 is 0. The SMILES string of the molecule is CCCN1CCC(C(=O)NCCCCCCCNCC)CC1. The smallest absolute Gasteiger partial charge is 0.223 e. The summed E-state index contributed by atoms with van der Waals surface area (Å²) in [5.74, 6) is 0.552. The molecule has 0 bridgehead atoms. The van der Waals surface area contributed by atoms with E-state index in [0.717, 1.165) is 52.0 Å². The molecule has 0 aromatic carbocycles. The fourth-order valence-corrected chi connectivity index (χ4v) is 3.17. The summed E-state index contributed by atoms with van der Waals surface area (Å²) in [7, 11) is 0. The Bertz CT molecular complexity index is 276. The number of hydrogen-bond donors (Lipinski definition) is 2. The number of hydrogen-bond acceptors (Lipinski definition) is 3. The molecule has 1 saturated heterocycles. The molecule has 4 nitrogen and oxygen atoms in total. The summed E-state index contributed by atoms with van der Waals surface area (Å²) in [6.07, 6.45) is 9.52. The first-order valence-corrected chi connectivity index (χ1v) is 9.48. The molecular weight excluding hydrogens is 274 g/mol. The van der Waals surface area contributed by atoms with E-state index < -0.39 is 0 Å². The van der Waals surface area contributed by atoms with E-state index in [1.54, 1.807) is 0 Å². The molecule has 4 heteroatoms. The van der Waals surface area contributed by atoms with Crippen molar-refractivity contribution in [2.45, 2.75) is 65.2 Å². The van der Waals surface area contributed by atoms with Crippen molar-refractivity contribution in [1.29, 1.82) is 0 Å². The van der Waals surface area contributed by atoms with E-state index >= 15 is 0 Å². The van der Waals surface area contributed by atoms with Crippen molar-refractivity contribution in [3.05, 3.63) is 0 Å². The number of nitrogens with one attached hydrogen (secondary N) is 2. The highest BCUT2D eigenvalue weighted by atomic mass is 16.1. The number of rotatable bonds is 12. The molecule has 0 atom stereocenters. The van der Waals surface area contributed by atoms with Gasteiger partial charge in [0.25, 0.3) is 0 Å². The van der Waals surface area contributed by atoms with Gasteiger partial charge in [-0.25, -0.2) is 0 Å². The average molecular weight is 312 g/mol. The lowest BCUT2D eigenvalue weighted by Crippen LogP contribution is -2.40. The normalized spacial score (nSPS) is 16.8. The Balaban J connectivity index is 1.93. The van der Waals surface area contributed by atoms with Crippen molar-refractivity contribution in [3.63, 3.8) is 0 Å². The maximum absolute atomic E-state index is 12.1. The molecule has 1 heterocycles. The third-order valence-electron chi connectivity index (χ3n) is 4.58. The number of piperidine rings is 1. The van der Waals surface area contributed by atoms with E-state index in [1.165, 1.54) is 38.6 Å². The molecule has 1 fully saturated rings. The zero-order valence-corrected chi connectivity index (χ0v) is 14.8. The predicted octanol–water partition coefficient (Wildman–Crippen LogP) is 2.78. The van der Waals surface area contributed by atoms with Crippen LogP contribution in [0, 0.1) is 5.92 Å². The number of likely N-dealkylation sites (tertiary alicyclic amines) is 1. The highest BCUT2D eigenvalue weighted by Crippen LogP contribution is 2.17. The van der Waals surface area contributed by atoms with Crippen LogP contribution in [-0.4, -0.2) is 50.1 Å². The van der Waals surface area contributed by atoms with E-state index in [2.05, 4.69) is 29.4 Å². The van der Waals surface area contributed by atoms with Gasteiger partial charge in [-0.3, -0.25) is 4.79 Å². The minimum absolute atomic E-state index is 0.258. The number of unbranched alkanes of at least 4 members (excludes halogenated alkanes) is 4. The molecule has 0 aliphatic carbocycles. The standard InChI is InChI=1S/C18H37N3O/c1-3-14-21-15-10-17(11-16-21)18(22)20-13-9-7-5-6-8-12-19-4-2/h17,19H,3-16H2,1-2H3,(H,20,22). The summed E-state index contributed by atoms with van der Waals surface area (Å²) in [6, 6.07) is 0. The molecule has 1 rings (SSSR count). The fraction of sp³-hybridized carbons (Fsp3) is 0.944. The van der Waals surface area contributed by atoms with Crippen LogP contribution in [0.3, 0.4) is 0 Å². The second-order valence-electron chi connectivity index (χ2n) is 6.53. The first kappa shape index (κ1) is 19.4. The van der Waals surface area contributed by atoms with Crippen LogP contribution in [0.1, 0.15) is 65.2 Å². The molecule has 1 aliphatic rings. The van der Waals surface area contributed by atoms with Crippen molar-refractivity contribution >= 4 is 5.91 Å². The van der Waals surface area contributed by atoms with Gasteiger partial charge in [-0.2, -0.15) is 0 Å². The molecule has 22 heavy (non-hydrogen) atoms. The molecule has 1 amide bonds.